The fourth-order valence-electron chi connectivity index (χ4n) is 2.54. The number of benzene rings is 1. The van der Waals surface area contributed by atoms with Crippen LogP contribution in [0.1, 0.15) is 33.3 Å². The lowest BCUT2D eigenvalue weighted by Gasteiger charge is -2.32. The lowest BCUT2D eigenvalue weighted by molar-refractivity contribution is 0.00578. The molecule has 1 fully saturated rings. The second kappa shape index (κ2) is 5.97. The van der Waals surface area contributed by atoms with E-state index in [1.807, 2.05) is 35.3 Å². The number of rotatable bonds is 4. The van der Waals surface area contributed by atoms with Crippen molar-refractivity contribution in [1.82, 2.24) is 9.78 Å². The van der Waals surface area contributed by atoms with Crippen molar-refractivity contribution in [1.29, 1.82) is 0 Å². The Kier molecular flexibility index (Phi) is 4.30. The van der Waals surface area contributed by atoms with Gasteiger partial charge in [0.05, 0.1) is 11.2 Å². The third kappa shape index (κ3) is 3.47. The molecule has 1 saturated heterocycles. The monoisotopic (exact) mass is 332 g/mol. The molecule has 0 aliphatic carbocycles. The molecular formula is C17H22BClN2O2. The van der Waals surface area contributed by atoms with E-state index < -0.39 is 0 Å². The minimum atomic E-state index is -0.361. The summed E-state index contributed by atoms with van der Waals surface area (Å²) in [7, 11) is -0.361. The van der Waals surface area contributed by atoms with Crippen LogP contribution in [-0.2, 0) is 22.3 Å². The van der Waals surface area contributed by atoms with Crippen LogP contribution in [0.15, 0.2) is 36.7 Å². The van der Waals surface area contributed by atoms with Crippen molar-refractivity contribution in [2.45, 2.75) is 51.9 Å². The van der Waals surface area contributed by atoms with Gasteiger partial charge in [0.1, 0.15) is 0 Å². The minimum absolute atomic E-state index is 0.333. The average Bonchev–Trinajstić information content (AvgIpc) is 3.00. The molecular weight excluding hydrogens is 310 g/mol. The quantitative estimate of drug-likeness (QED) is 0.807. The fraction of sp³-hybridized carbons (Fsp3) is 0.471. The van der Waals surface area contributed by atoms with Crippen LogP contribution in [0.25, 0.3) is 0 Å². The Labute approximate surface area is 142 Å². The Morgan fingerprint density at radius 1 is 1.17 bits per heavy atom. The second-order valence-corrected chi connectivity index (χ2v) is 7.44. The molecule has 0 amide bonds. The van der Waals surface area contributed by atoms with Crippen molar-refractivity contribution in [2.24, 2.45) is 0 Å². The van der Waals surface area contributed by atoms with Gasteiger partial charge in [-0.2, -0.15) is 5.10 Å². The van der Waals surface area contributed by atoms with E-state index in [4.69, 9.17) is 20.9 Å². The predicted molar refractivity (Wildman–Crippen MR) is 93.1 cm³/mol. The van der Waals surface area contributed by atoms with Crippen LogP contribution in [0.5, 0.6) is 0 Å². The largest absolute Gasteiger partial charge is 0.498 e. The van der Waals surface area contributed by atoms with Gasteiger partial charge in [-0.3, -0.25) is 4.68 Å². The van der Waals surface area contributed by atoms with Crippen LogP contribution in [0.2, 0.25) is 5.02 Å². The van der Waals surface area contributed by atoms with Crippen LogP contribution in [0.4, 0.5) is 0 Å². The molecule has 2 heterocycles. The Morgan fingerprint density at radius 3 is 2.52 bits per heavy atom. The standard InChI is InChI=1S/C17H22BClN2O2/c1-16(2)17(3,4)23-18(22-16)14-11-20-21(12-14)9-8-13-6-5-7-15(19)10-13/h5-7,10-12H,8-9H2,1-4H3. The molecule has 23 heavy (non-hydrogen) atoms. The molecule has 0 saturated carbocycles. The summed E-state index contributed by atoms with van der Waals surface area (Å²) in [6.07, 6.45) is 4.69. The van der Waals surface area contributed by atoms with E-state index in [-0.39, 0.29) is 18.3 Å². The zero-order chi connectivity index (χ0) is 16.7. The number of hydrogen-bond acceptors (Lipinski definition) is 3. The molecule has 2 aromatic rings. The number of nitrogens with zero attached hydrogens (tertiary/aromatic N) is 2. The molecule has 0 spiro atoms. The normalized spacial score (nSPS) is 19.3. The summed E-state index contributed by atoms with van der Waals surface area (Å²) in [4.78, 5) is 0. The molecule has 3 rings (SSSR count). The maximum atomic E-state index is 6.05. The van der Waals surface area contributed by atoms with Gasteiger partial charge in [0.2, 0.25) is 0 Å². The molecule has 0 unspecified atom stereocenters. The Balaban J connectivity index is 1.65. The van der Waals surface area contributed by atoms with Crippen LogP contribution in [-0.4, -0.2) is 28.1 Å². The molecule has 0 atom stereocenters. The fourth-order valence-corrected chi connectivity index (χ4v) is 2.75. The predicted octanol–water partition coefficient (Wildman–Crippen LogP) is 3.08. The molecule has 122 valence electrons. The highest BCUT2D eigenvalue weighted by atomic mass is 35.5. The third-order valence-corrected chi connectivity index (χ3v) is 4.93. The van der Waals surface area contributed by atoms with E-state index in [1.54, 1.807) is 0 Å². The summed E-state index contributed by atoms with van der Waals surface area (Å²) in [6, 6.07) is 7.91. The van der Waals surface area contributed by atoms with Crippen molar-refractivity contribution in [3.05, 3.63) is 47.2 Å². The highest BCUT2D eigenvalue weighted by Crippen LogP contribution is 2.36. The van der Waals surface area contributed by atoms with Crippen LogP contribution >= 0.6 is 11.6 Å². The minimum Gasteiger partial charge on any atom is -0.399 e. The number of halogens is 1. The highest BCUT2D eigenvalue weighted by molar-refractivity contribution is 6.62. The van der Waals surface area contributed by atoms with Gasteiger partial charge in [-0.15, -0.1) is 0 Å². The zero-order valence-corrected chi connectivity index (χ0v) is 14.8. The van der Waals surface area contributed by atoms with Gasteiger partial charge in [0, 0.05) is 29.4 Å². The van der Waals surface area contributed by atoms with E-state index in [9.17, 15) is 0 Å². The van der Waals surface area contributed by atoms with E-state index in [0.29, 0.717) is 0 Å². The van der Waals surface area contributed by atoms with Crippen molar-refractivity contribution < 1.29 is 9.31 Å². The van der Waals surface area contributed by atoms with Crippen molar-refractivity contribution in [3.63, 3.8) is 0 Å². The first-order chi connectivity index (χ1) is 10.8. The molecule has 6 heteroatoms. The summed E-state index contributed by atoms with van der Waals surface area (Å²) in [5.74, 6) is 0. The van der Waals surface area contributed by atoms with Crippen LogP contribution in [0.3, 0.4) is 0 Å². The smallest absolute Gasteiger partial charge is 0.399 e. The summed E-state index contributed by atoms with van der Waals surface area (Å²) in [6.45, 7) is 9.00. The number of hydrogen-bond donors (Lipinski definition) is 0. The molecule has 1 aromatic carbocycles. The Bertz CT molecular complexity index is 683. The van der Waals surface area contributed by atoms with E-state index >= 15 is 0 Å². The SMILES string of the molecule is CC1(C)OB(c2cnn(CCc3cccc(Cl)c3)c2)OC1(C)C. The first-order valence-corrected chi connectivity index (χ1v) is 8.27. The maximum absolute atomic E-state index is 6.05. The van der Waals surface area contributed by atoms with E-state index in [1.165, 1.54) is 5.56 Å². The first kappa shape index (κ1) is 16.6. The number of aromatic nitrogens is 2. The lowest BCUT2D eigenvalue weighted by Crippen LogP contribution is -2.41. The van der Waals surface area contributed by atoms with Gasteiger partial charge in [-0.05, 0) is 51.8 Å². The zero-order valence-electron chi connectivity index (χ0n) is 14.0. The Hall–Kier alpha value is -1.30. The molecule has 1 aliphatic rings. The molecule has 4 nitrogen and oxygen atoms in total. The van der Waals surface area contributed by atoms with Gasteiger partial charge in [-0.25, -0.2) is 0 Å². The summed E-state index contributed by atoms with van der Waals surface area (Å²) >= 11 is 6.01. The molecule has 1 aromatic heterocycles. The van der Waals surface area contributed by atoms with Gasteiger partial charge in [0.25, 0.3) is 0 Å². The van der Waals surface area contributed by atoms with E-state index in [0.717, 1.165) is 23.5 Å². The molecule has 0 bridgehead atoms. The number of aryl methyl sites for hydroxylation is 2. The first-order valence-electron chi connectivity index (χ1n) is 7.89. The third-order valence-electron chi connectivity index (χ3n) is 4.70. The maximum Gasteiger partial charge on any atom is 0.498 e. The van der Waals surface area contributed by atoms with Gasteiger partial charge in [0.15, 0.2) is 0 Å². The highest BCUT2D eigenvalue weighted by Gasteiger charge is 2.52. The van der Waals surface area contributed by atoms with Crippen molar-refractivity contribution in [2.75, 3.05) is 0 Å². The van der Waals surface area contributed by atoms with E-state index in [2.05, 4.69) is 38.9 Å². The van der Waals surface area contributed by atoms with Gasteiger partial charge >= 0.3 is 7.12 Å². The molecule has 0 radical (unpaired) electrons. The topological polar surface area (TPSA) is 36.3 Å². The van der Waals surface area contributed by atoms with Crippen LogP contribution < -0.4 is 5.46 Å². The summed E-state index contributed by atoms with van der Waals surface area (Å²) in [5, 5.41) is 5.18. The summed E-state index contributed by atoms with van der Waals surface area (Å²) < 4.78 is 14.0. The Morgan fingerprint density at radius 2 is 1.87 bits per heavy atom. The van der Waals surface area contributed by atoms with Gasteiger partial charge < -0.3 is 9.31 Å². The molecule has 0 N–H and O–H groups in total. The van der Waals surface area contributed by atoms with Gasteiger partial charge in [-0.1, -0.05) is 23.7 Å². The summed E-state index contributed by atoms with van der Waals surface area (Å²) in [5.41, 5.74) is 1.49. The second-order valence-electron chi connectivity index (χ2n) is 7.00. The van der Waals surface area contributed by atoms with Crippen molar-refractivity contribution >= 4 is 24.2 Å². The van der Waals surface area contributed by atoms with Crippen LogP contribution in [0, 0.1) is 0 Å². The lowest BCUT2D eigenvalue weighted by atomic mass is 9.82. The molecule has 1 aliphatic heterocycles. The average molecular weight is 333 g/mol. The van der Waals surface area contributed by atoms with Crippen molar-refractivity contribution in [3.8, 4) is 0 Å².